The van der Waals surface area contributed by atoms with E-state index >= 15 is 0 Å². The largest absolute Gasteiger partial charge is 0.393 e. The molecule has 1 saturated carbocycles. The molecule has 1 aromatic rings. The van der Waals surface area contributed by atoms with Crippen LogP contribution in [0.3, 0.4) is 0 Å². The van der Waals surface area contributed by atoms with Gasteiger partial charge in [-0.05, 0) is 73.1 Å². The smallest absolute Gasteiger partial charge is 0.237 e. The molecule has 2 amide bonds. The van der Waals surface area contributed by atoms with E-state index in [9.17, 15) is 14.7 Å². The summed E-state index contributed by atoms with van der Waals surface area (Å²) in [6.07, 6.45) is 9.22. The zero-order chi connectivity index (χ0) is 27.4. The van der Waals surface area contributed by atoms with Crippen molar-refractivity contribution in [1.82, 2.24) is 10.6 Å². The molecule has 0 bridgehead atoms. The van der Waals surface area contributed by atoms with Crippen LogP contribution in [0.2, 0.25) is 5.02 Å². The third-order valence-corrected chi connectivity index (χ3v) is 9.73. The fourth-order valence-corrected chi connectivity index (χ4v) is 7.66. The Morgan fingerprint density at radius 1 is 1.18 bits per heavy atom. The number of fused-ring (bicyclic) bond motifs is 2. The number of carbonyl (C=O) groups is 2. The number of nitrogens with one attached hydrogen (secondary N) is 3. The summed E-state index contributed by atoms with van der Waals surface area (Å²) in [5.41, 5.74) is 0.530. The maximum absolute atomic E-state index is 14.3. The van der Waals surface area contributed by atoms with Crippen LogP contribution in [0, 0.1) is 23.2 Å². The van der Waals surface area contributed by atoms with Crippen molar-refractivity contribution in [2.24, 2.45) is 23.2 Å². The lowest BCUT2D eigenvalue weighted by atomic mass is 9.58. The van der Waals surface area contributed by atoms with E-state index in [0.717, 1.165) is 23.4 Å². The highest BCUT2D eigenvalue weighted by Crippen LogP contribution is 2.57. The first-order valence-electron chi connectivity index (χ1n) is 13.8. The van der Waals surface area contributed by atoms with Crippen molar-refractivity contribution in [3.8, 4) is 0 Å². The van der Waals surface area contributed by atoms with Crippen LogP contribution < -0.4 is 16.0 Å². The summed E-state index contributed by atoms with van der Waals surface area (Å²) in [5, 5.41) is 21.3. The number of rotatable bonds is 4. The Bertz CT molecular complexity index is 1170. The van der Waals surface area contributed by atoms with E-state index in [1.807, 2.05) is 30.4 Å². The molecule has 206 valence electrons. The molecule has 0 aromatic heterocycles. The van der Waals surface area contributed by atoms with Gasteiger partial charge in [0.15, 0.2) is 0 Å². The maximum Gasteiger partial charge on any atom is 0.237 e. The molecule has 0 radical (unpaired) electrons. The molecule has 6 unspecified atom stereocenters. The van der Waals surface area contributed by atoms with E-state index in [-0.39, 0.29) is 53.2 Å². The summed E-state index contributed by atoms with van der Waals surface area (Å²) in [5.74, 6) is -0.748. The topological polar surface area (TPSA) is 90.5 Å². The van der Waals surface area contributed by atoms with E-state index < -0.39 is 11.5 Å². The molecule has 4 aliphatic rings. The van der Waals surface area contributed by atoms with Crippen molar-refractivity contribution < 1.29 is 14.7 Å². The number of hydrogen-bond acceptors (Lipinski definition) is 4. The van der Waals surface area contributed by atoms with Gasteiger partial charge in [0.25, 0.3) is 0 Å². The van der Waals surface area contributed by atoms with Gasteiger partial charge in [-0.25, -0.2) is 0 Å². The van der Waals surface area contributed by atoms with Gasteiger partial charge >= 0.3 is 0 Å². The van der Waals surface area contributed by atoms with Crippen molar-refractivity contribution in [3.63, 3.8) is 0 Å². The Hall–Kier alpha value is -1.86. The van der Waals surface area contributed by atoms with Gasteiger partial charge < -0.3 is 21.1 Å². The summed E-state index contributed by atoms with van der Waals surface area (Å²) >= 11 is 13.0. The van der Waals surface area contributed by atoms with Crippen molar-refractivity contribution in [3.05, 3.63) is 52.0 Å². The standard InChI is InChI=1S/C30H39Cl2N3O3/c1-16-20(6-5-7-22(16)32)25-26(27(37)33-18-9-11-19(36)12-10-18)35-24(15-29(2,3)4)30(25)21-13-8-17(31)14-23(21)34-28(30)38/h5-8,13-14,16,18-20,24-26,35-36H,9-12,15H2,1-4H3,(H,33,37)(H,34,38). The normalized spacial score (nSPS) is 36.7. The highest BCUT2D eigenvalue weighted by atomic mass is 35.5. The van der Waals surface area contributed by atoms with Crippen LogP contribution in [-0.4, -0.2) is 41.2 Å². The zero-order valence-electron chi connectivity index (χ0n) is 22.6. The molecule has 4 N–H and O–H groups in total. The van der Waals surface area contributed by atoms with Gasteiger partial charge in [0.2, 0.25) is 11.8 Å². The van der Waals surface area contributed by atoms with Crippen LogP contribution in [0.4, 0.5) is 5.69 Å². The van der Waals surface area contributed by atoms with Crippen LogP contribution in [-0.2, 0) is 15.0 Å². The highest BCUT2D eigenvalue weighted by Gasteiger charge is 2.67. The zero-order valence-corrected chi connectivity index (χ0v) is 24.1. The number of hydrogen-bond donors (Lipinski definition) is 4. The molecule has 1 saturated heterocycles. The number of amides is 2. The van der Waals surface area contributed by atoms with E-state index in [2.05, 4.69) is 49.7 Å². The minimum Gasteiger partial charge on any atom is -0.393 e. The van der Waals surface area contributed by atoms with E-state index in [0.29, 0.717) is 30.0 Å². The predicted octanol–water partition coefficient (Wildman–Crippen LogP) is 5.29. The molecule has 38 heavy (non-hydrogen) atoms. The number of halogens is 2. The number of allylic oxidation sites excluding steroid dienone is 4. The Morgan fingerprint density at radius 2 is 1.89 bits per heavy atom. The van der Waals surface area contributed by atoms with Gasteiger partial charge in [-0.2, -0.15) is 0 Å². The number of anilines is 1. The maximum atomic E-state index is 14.3. The molecule has 8 heteroatoms. The predicted molar refractivity (Wildman–Crippen MR) is 152 cm³/mol. The second-order valence-electron chi connectivity index (χ2n) is 12.8. The van der Waals surface area contributed by atoms with Crippen LogP contribution in [0.5, 0.6) is 0 Å². The third kappa shape index (κ3) is 4.83. The first kappa shape index (κ1) is 27.7. The van der Waals surface area contributed by atoms with Gasteiger partial charge in [0, 0.05) is 33.7 Å². The lowest BCUT2D eigenvalue weighted by Gasteiger charge is -2.42. The molecule has 2 aliphatic heterocycles. The van der Waals surface area contributed by atoms with Gasteiger partial charge in [-0.15, -0.1) is 0 Å². The molecule has 6 nitrogen and oxygen atoms in total. The van der Waals surface area contributed by atoms with Crippen molar-refractivity contribution in [2.45, 2.75) is 89.4 Å². The molecule has 1 aromatic carbocycles. The fraction of sp³-hybridized carbons (Fsp3) is 0.600. The van der Waals surface area contributed by atoms with Gasteiger partial charge in [-0.1, -0.05) is 69.1 Å². The Labute approximate surface area is 235 Å². The Morgan fingerprint density at radius 3 is 2.58 bits per heavy atom. The molecule has 2 aliphatic carbocycles. The average molecular weight is 561 g/mol. The van der Waals surface area contributed by atoms with Gasteiger partial charge in [0.1, 0.15) is 0 Å². The molecule has 2 heterocycles. The van der Waals surface area contributed by atoms with E-state index in [1.165, 1.54) is 0 Å². The number of aliphatic hydroxyl groups excluding tert-OH is 1. The minimum atomic E-state index is -0.976. The lowest BCUT2D eigenvalue weighted by molar-refractivity contribution is -0.127. The monoisotopic (exact) mass is 559 g/mol. The lowest BCUT2D eigenvalue weighted by Crippen LogP contribution is -2.54. The van der Waals surface area contributed by atoms with Crippen LogP contribution >= 0.6 is 23.2 Å². The quantitative estimate of drug-likeness (QED) is 0.403. The number of aliphatic hydroxyl groups is 1. The second kappa shape index (κ2) is 10.3. The van der Waals surface area contributed by atoms with Crippen molar-refractivity contribution in [2.75, 3.05) is 5.32 Å². The molecular weight excluding hydrogens is 521 g/mol. The molecule has 1 spiro atoms. The SMILES string of the molecule is CC1C(Cl)=CC=CC1C1C(C(=O)NC2CCC(O)CC2)NC(CC(C)(C)C)C12C(=O)Nc1cc(Cl)ccc12. The summed E-state index contributed by atoms with van der Waals surface area (Å²) < 4.78 is 0. The first-order chi connectivity index (χ1) is 17.9. The van der Waals surface area contributed by atoms with Crippen molar-refractivity contribution in [1.29, 1.82) is 0 Å². The highest BCUT2D eigenvalue weighted by molar-refractivity contribution is 6.31. The fourth-order valence-electron chi connectivity index (χ4n) is 7.27. The number of carbonyl (C=O) groups excluding carboxylic acids is 2. The first-order valence-corrected chi connectivity index (χ1v) is 14.6. The number of benzene rings is 1. The van der Waals surface area contributed by atoms with E-state index in [1.54, 1.807) is 0 Å². The van der Waals surface area contributed by atoms with Crippen LogP contribution in [0.1, 0.15) is 65.4 Å². The molecule has 6 atom stereocenters. The summed E-state index contributed by atoms with van der Waals surface area (Å²) in [6.45, 7) is 8.56. The van der Waals surface area contributed by atoms with Gasteiger partial charge in [-0.3, -0.25) is 9.59 Å². The summed E-state index contributed by atoms with van der Waals surface area (Å²) in [4.78, 5) is 28.4. The summed E-state index contributed by atoms with van der Waals surface area (Å²) in [6, 6.07) is 4.74. The third-order valence-electron chi connectivity index (χ3n) is 9.02. The average Bonchev–Trinajstić information content (AvgIpc) is 3.31. The minimum absolute atomic E-state index is 0.0114. The van der Waals surface area contributed by atoms with Crippen LogP contribution in [0.15, 0.2) is 41.5 Å². The Kier molecular flexibility index (Phi) is 7.49. The molecule has 2 fully saturated rings. The van der Waals surface area contributed by atoms with Crippen LogP contribution in [0.25, 0.3) is 0 Å². The Balaban J connectivity index is 1.63. The molecule has 5 rings (SSSR count). The van der Waals surface area contributed by atoms with Gasteiger partial charge in [0.05, 0.1) is 17.6 Å². The second-order valence-corrected chi connectivity index (χ2v) is 13.7. The van der Waals surface area contributed by atoms with E-state index in [4.69, 9.17) is 23.2 Å². The summed E-state index contributed by atoms with van der Waals surface area (Å²) in [7, 11) is 0. The molecular formula is C30H39Cl2N3O3. The van der Waals surface area contributed by atoms with Crippen molar-refractivity contribution >= 4 is 40.7 Å².